The number of aliphatic imine (C=N–C) groups is 1. The molecule has 0 aromatic carbocycles. The molecule has 25 heavy (non-hydrogen) atoms. The Morgan fingerprint density at radius 2 is 2.20 bits per heavy atom. The third kappa shape index (κ3) is 3.42. The number of hydrogen-bond acceptors (Lipinski definition) is 7. The molecule has 1 unspecified atom stereocenters. The summed E-state index contributed by atoms with van der Waals surface area (Å²) in [6.45, 7) is 1.71. The van der Waals surface area contributed by atoms with Gasteiger partial charge >= 0.3 is 0 Å². The van der Waals surface area contributed by atoms with Crippen molar-refractivity contribution in [2.45, 2.75) is 12.8 Å². The first-order valence-electron chi connectivity index (χ1n) is 8.47. The predicted molar refractivity (Wildman–Crippen MR) is 96.6 cm³/mol. The zero-order chi connectivity index (χ0) is 17.1. The number of aliphatic hydroxyl groups excluding tert-OH is 1. The van der Waals surface area contributed by atoms with Gasteiger partial charge in [-0.05, 0) is 30.5 Å². The fourth-order valence-corrected chi connectivity index (χ4v) is 2.97. The lowest BCUT2D eigenvalue weighted by Gasteiger charge is -2.31. The quantitative estimate of drug-likeness (QED) is 0.884. The van der Waals surface area contributed by atoms with Crippen LogP contribution in [-0.2, 0) is 6.42 Å². The zero-order valence-corrected chi connectivity index (χ0v) is 13.8. The van der Waals surface area contributed by atoms with E-state index < -0.39 is 0 Å². The molecule has 0 spiro atoms. The molecule has 0 bridgehead atoms. The number of aliphatic hydroxyl groups is 1. The Kier molecular flexibility index (Phi) is 4.49. The minimum absolute atomic E-state index is 0.208. The third-order valence-electron chi connectivity index (χ3n) is 4.49. The first-order valence-corrected chi connectivity index (χ1v) is 8.47. The van der Waals surface area contributed by atoms with Crippen LogP contribution in [-0.4, -0.2) is 46.0 Å². The summed E-state index contributed by atoms with van der Waals surface area (Å²) in [6.07, 6.45) is 9.14. The van der Waals surface area contributed by atoms with E-state index in [-0.39, 0.29) is 6.61 Å². The molecule has 0 amide bonds. The predicted octanol–water partition coefficient (Wildman–Crippen LogP) is 1.54. The van der Waals surface area contributed by atoms with Gasteiger partial charge in [-0.3, -0.25) is 15.0 Å². The van der Waals surface area contributed by atoms with E-state index in [1.807, 2.05) is 29.4 Å². The zero-order valence-electron chi connectivity index (χ0n) is 13.8. The highest BCUT2D eigenvalue weighted by molar-refractivity contribution is 6.10. The maximum atomic E-state index is 9.25. The number of fused-ring (bicyclic) bond motifs is 1. The van der Waals surface area contributed by atoms with Crippen molar-refractivity contribution in [2.24, 2.45) is 10.9 Å². The molecular formula is C18H20N6O. The van der Waals surface area contributed by atoms with E-state index in [9.17, 15) is 5.11 Å². The van der Waals surface area contributed by atoms with Crippen LogP contribution in [0.2, 0.25) is 0 Å². The molecular weight excluding hydrogens is 316 g/mol. The average Bonchev–Trinajstić information content (AvgIpc) is 2.91. The number of nitrogens with zero attached hydrogens (tertiary/aromatic N) is 5. The number of hydrazine groups is 1. The SMILES string of the molecule is OCC1CCN(c2nccc(C3=CCc4ncccc4N=C3)n2)NC1. The Hall–Kier alpha value is -2.64. The summed E-state index contributed by atoms with van der Waals surface area (Å²) in [5.74, 6) is 0.935. The fourth-order valence-electron chi connectivity index (χ4n) is 2.97. The lowest BCUT2D eigenvalue weighted by Crippen LogP contribution is -2.48. The number of rotatable bonds is 3. The molecule has 2 aromatic rings. The van der Waals surface area contributed by atoms with Gasteiger partial charge in [0.1, 0.15) is 0 Å². The monoisotopic (exact) mass is 336 g/mol. The molecule has 0 saturated carbocycles. The van der Waals surface area contributed by atoms with Gasteiger partial charge in [0, 0.05) is 50.3 Å². The highest BCUT2D eigenvalue weighted by atomic mass is 16.3. The van der Waals surface area contributed by atoms with Crippen LogP contribution in [0.25, 0.3) is 5.57 Å². The maximum Gasteiger partial charge on any atom is 0.240 e. The second-order valence-electron chi connectivity index (χ2n) is 6.18. The molecule has 7 nitrogen and oxygen atoms in total. The Labute approximate surface area is 146 Å². The number of pyridine rings is 1. The Balaban J connectivity index is 1.55. The van der Waals surface area contributed by atoms with Crippen molar-refractivity contribution in [2.75, 3.05) is 24.7 Å². The van der Waals surface area contributed by atoms with Gasteiger partial charge in [0.25, 0.3) is 0 Å². The second-order valence-corrected chi connectivity index (χ2v) is 6.18. The van der Waals surface area contributed by atoms with Crippen LogP contribution in [0, 0.1) is 5.92 Å². The smallest absolute Gasteiger partial charge is 0.240 e. The molecule has 2 aliphatic heterocycles. The lowest BCUT2D eigenvalue weighted by molar-refractivity contribution is 0.200. The molecule has 1 fully saturated rings. The van der Waals surface area contributed by atoms with Crippen LogP contribution in [0.1, 0.15) is 17.8 Å². The third-order valence-corrected chi connectivity index (χ3v) is 4.49. The topological polar surface area (TPSA) is 86.5 Å². The molecule has 0 aliphatic carbocycles. The standard InChI is InChI=1S/C18H20N6O/c25-12-13-6-9-24(22-10-13)18-20-8-5-15(23-18)14-3-4-17-16(21-11-14)2-1-7-19-17/h1-3,5,7-8,11,13,22,25H,4,6,9-10,12H2. The van der Waals surface area contributed by atoms with E-state index in [1.54, 1.807) is 12.4 Å². The fraction of sp³-hybridized carbons (Fsp3) is 0.333. The Bertz CT molecular complexity index is 811. The van der Waals surface area contributed by atoms with Gasteiger partial charge < -0.3 is 5.11 Å². The van der Waals surface area contributed by atoms with Crippen molar-refractivity contribution in [3.63, 3.8) is 0 Å². The number of anilines is 1. The van der Waals surface area contributed by atoms with Gasteiger partial charge in [-0.25, -0.2) is 15.4 Å². The van der Waals surface area contributed by atoms with Crippen molar-refractivity contribution >= 4 is 23.4 Å². The van der Waals surface area contributed by atoms with Crippen molar-refractivity contribution in [1.29, 1.82) is 0 Å². The molecule has 0 radical (unpaired) electrons. The van der Waals surface area contributed by atoms with Crippen molar-refractivity contribution in [3.8, 4) is 0 Å². The van der Waals surface area contributed by atoms with E-state index in [2.05, 4.69) is 31.4 Å². The van der Waals surface area contributed by atoms with Gasteiger partial charge in [-0.2, -0.15) is 0 Å². The largest absolute Gasteiger partial charge is 0.396 e. The van der Waals surface area contributed by atoms with Gasteiger partial charge in [-0.1, -0.05) is 6.08 Å². The van der Waals surface area contributed by atoms with Crippen LogP contribution < -0.4 is 10.4 Å². The van der Waals surface area contributed by atoms with Gasteiger partial charge in [0.05, 0.1) is 17.1 Å². The summed E-state index contributed by atoms with van der Waals surface area (Å²) in [4.78, 5) is 18.0. The number of nitrogens with one attached hydrogen (secondary N) is 1. The minimum Gasteiger partial charge on any atom is -0.396 e. The molecule has 2 aliphatic rings. The molecule has 128 valence electrons. The van der Waals surface area contributed by atoms with E-state index in [0.717, 1.165) is 48.6 Å². The van der Waals surface area contributed by atoms with Gasteiger partial charge in [0.2, 0.25) is 5.95 Å². The van der Waals surface area contributed by atoms with Crippen molar-refractivity contribution < 1.29 is 5.11 Å². The number of aromatic nitrogens is 3. The Morgan fingerprint density at radius 3 is 3.04 bits per heavy atom. The summed E-state index contributed by atoms with van der Waals surface area (Å²) in [6, 6.07) is 5.76. The van der Waals surface area contributed by atoms with Crippen LogP contribution in [0.4, 0.5) is 11.6 Å². The van der Waals surface area contributed by atoms with Crippen molar-refractivity contribution in [1.82, 2.24) is 20.4 Å². The highest BCUT2D eigenvalue weighted by Crippen LogP contribution is 2.24. The molecule has 2 N–H and O–H groups in total. The lowest BCUT2D eigenvalue weighted by atomic mass is 10.1. The van der Waals surface area contributed by atoms with E-state index in [4.69, 9.17) is 0 Å². The molecule has 2 aromatic heterocycles. The van der Waals surface area contributed by atoms with Gasteiger partial charge in [-0.15, -0.1) is 0 Å². The average molecular weight is 336 g/mol. The van der Waals surface area contributed by atoms with E-state index in [0.29, 0.717) is 11.9 Å². The summed E-state index contributed by atoms with van der Waals surface area (Å²) in [5.41, 5.74) is 6.95. The van der Waals surface area contributed by atoms with Crippen molar-refractivity contribution in [3.05, 3.63) is 48.1 Å². The van der Waals surface area contributed by atoms with Gasteiger partial charge in [0.15, 0.2) is 0 Å². The van der Waals surface area contributed by atoms with E-state index >= 15 is 0 Å². The summed E-state index contributed by atoms with van der Waals surface area (Å²) in [7, 11) is 0. The van der Waals surface area contributed by atoms with Crippen LogP contribution >= 0.6 is 0 Å². The highest BCUT2D eigenvalue weighted by Gasteiger charge is 2.20. The Morgan fingerprint density at radius 1 is 1.24 bits per heavy atom. The number of allylic oxidation sites excluding steroid dienone is 2. The van der Waals surface area contributed by atoms with Crippen LogP contribution in [0.15, 0.2) is 41.7 Å². The van der Waals surface area contributed by atoms with Crippen LogP contribution in [0.5, 0.6) is 0 Å². The first-order chi connectivity index (χ1) is 12.3. The summed E-state index contributed by atoms with van der Waals surface area (Å²) in [5, 5.41) is 11.2. The number of hydrogen-bond donors (Lipinski definition) is 2. The molecule has 4 heterocycles. The molecule has 7 heteroatoms. The summed E-state index contributed by atoms with van der Waals surface area (Å²) >= 11 is 0. The normalized spacial score (nSPS) is 20.0. The maximum absolute atomic E-state index is 9.25. The molecule has 4 rings (SSSR count). The van der Waals surface area contributed by atoms with E-state index in [1.165, 1.54) is 0 Å². The summed E-state index contributed by atoms with van der Waals surface area (Å²) < 4.78 is 0. The van der Waals surface area contributed by atoms with Crippen LogP contribution in [0.3, 0.4) is 0 Å². The molecule has 1 atom stereocenters. The first kappa shape index (κ1) is 15.9. The minimum atomic E-state index is 0.208. The second kappa shape index (κ2) is 7.08. The molecule has 1 saturated heterocycles.